The van der Waals surface area contributed by atoms with Crippen LogP contribution in [0.3, 0.4) is 0 Å². The lowest BCUT2D eigenvalue weighted by molar-refractivity contribution is 0.0690. The number of hydrogen-bond acceptors (Lipinski definition) is 2. The van der Waals surface area contributed by atoms with E-state index in [9.17, 15) is 4.79 Å². The van der Waals surface area contributed by atoms with Crippen LogP contribution in [0.25, 0.3) is 11.3 Å². The maximum Gasteiger partial charge on any atom is 0.353 e. The fraction of sp³-hybridized carbons (Fsp3) is 0. The molecule has 0 atom stereocenters. The van der Waals surface area contributed by atoms with E-state index in [0.29, 0.717) is 21.3 Å². The molecule has 1 aromatic heterocycles. The van der Waals surface area contributed by atoms with Gasteiger partial charge < -0.3 is 5.11 Å². The van der Waals surface area contributed by atoms with Crippen molar-refractivity contribution in [3.8, 4) is 11.3 Å². The summed E-state index contributed by atoms with van der Waals surface area (Å²) in [5.74, 6) is -1.08. The molecule has 0 aliphatic carbocycles. The van der Waals surface area contributed by atoms with Gasteiger partial charge in [0.2, 0.25) is 0 Å². The van der Waals surface area contributed by atoms with Gasteiger partial charge in [-0.25, -0.2) is 4.79 Å². The van der Waals surface area contributed by atoms with Crippen molar-refractivity contribution in [3.63, 3.8) is 0 Å². The molecule has 2 aromatic rings. The summed E-state index contributed by atoms with van der Waals surface area (Å²) in [6, 6.07) is 6.42. The van der Waals surface area contributed by atoms with Gasteiger partial charge in [-0.05, 0) is 18.2 Å². The number of rotatable bonds is 2. The highest BCUT2D eigenvalue weighted by Crippen LogP contribution is 2.33. The van der Waals surface area contributed by atoms with Gasteiger partial charge in [-0.15, -0.1) is 0 Å². The Morgan fingerprint density at radius 1 is 1.31 bits per heavy atom. The van der Waals surface area contributed by atoms with Gasteiger partial charge in [0.1, 0.15) is 5.69 Å². The number of nitrogens with one attached hydrogen (secondary N) is 1. The topological polar surface area (TPSA) is 66.0 Å². The molecule has 82 valence electrons. The molecule has 0 amide bonds. The molecule has 1 heterocycles. The van der Waals surface area contributed by atoms with E-state index < -0.39 is 5.97 Å². The number of halogens is 2. The first-order valence-electron chi connectivity index (χ1n) is 4.32. The second-order valence-corrected chi connectivity index (χ2v) is 3.88. The smallest absolute Gasteiger partial charge is 0.353 e. The summed E-state index contributed by atoms with van der Waals surface area (Å²) in [6.45, 7) is 0. The van der Waals surface area contributed by atoms with Crippen LogP contribution in [0, 0.1) is 0 Å². The molecular formula is C10H6Cl2N2O2. The predicted molar refractivity (Wildman–Crippen MR) is 61.0 cm³/mol. The van der Waals surface area contributed by atoms with Crippen molar-refractivity contribution >= 4 is 29.2 Å². The van der Waals surface area contributed by atoms with E-state index in [4.69, 9.17) is 28.3 Å². The maximum absolute atomic E-state index is 10.7. The Morgan fingerprint density at radius 2 is 1.94 bits per heavy atom. The van der Waals surface area contributed by atoms with E-state index in [0.717, 1.165) is 0 Å². The van der Waals surface area contributed by atoms with Gasteiger partial charge in [0.25, 0.3) is 0 Å². The van der Waals surface area contributed by atoms with Crippen LogP contribution in [0.2, 0.25) is 10.0 Å². The van der Waals surface area contributed by atoms with Gasteiger partial charge in [-0.1, -0.05) is 29.3 Å². The van der Waals surface area contributed by atoms with Crippen LogP contribution in [0.1, 0.15) is 10.5 Å². The molecule has 0 radical (unpaired) electrons. The van der Waals surface area contributed by atoms with Crippen LogP contribution < -0.4 is 0 Å². The molecule has 0 saturated carbocycles. The first-order valence-corrected chi connectivity index (χ1v) is 5.08. The first-order chi connectivity index (χ1) is 7.59. The minimum absolute atomic E-state index is 0.00835. The van der Waals surface area contributed by atoms with Crippen molar-refractivity contribution in [2.75, 3.05) is 0 Å². The molecule has 0 unspecified atom stereocenters. The van der Waals surface area contributed by atoms with Crippen LogP contribution in [-0.4, -0.2) is 21.3 Å². The third kappa shape index (κ3) is 1.89. The van der Waals surface area contributed by atoms with Crippen LogP contribution >= 0.6 is 23.2 Å². The molecule has 0 fully saturated rings. The van der Waals surface area contributed by atoms with Crippen LogP contribution in [0.4, 0.5) is 0 Å². The molecule has 0 saturated heterocycles. The molecule has 0 bridgehead atoms. The highest BCUT2D eigenvalue weighted by molar-refractivity contribution is 6.39. The SMILES string of the molecule is O=C(O)c1cc(-c2c(Cl)cccc2Cl)n[nH]1. The number of hydrogen-bond donors (Lipinski definition) is 2. The van der Waals surface area contributed by atoms with Crippen molar-refractivity contribution < 1.29 is 9.90 Å². The van der Waals surface area contributed by atoms with E-state index in [-0.39, 0.29) is 5.69 Å². The Morgan fingerprint density at radius 3 is 2.44 bits per heavy atom. The zero-order valence-corrected chi connectivity index (χ0v) is 9.38. The number of aromatic amines is 1. The van der Waals surface area contributed by atoms with Crippen LogP contribution in [-0.2, 0) is 0 Å². The lowest BCUT2D eigenvalue weighted by atomic mass is 10.1. The highest BCUT2D eigenvalue weighted by Gasteiger charge is 2.14. The van der Waals surface area contributed by atoms with E-state index in [1.165, 1.54) is 6.07 Å². The van der Waals surface area contributed by atoms with Gasteiger partial charge in [0.05, 0.1) is 15.7 Å². The molecule has 6 heteroatoms. The second-order valence-electron chi connectivity index (χ2n) is 3.07. The fourth-order valence-electron chi connectivity index (χ4n) is 1.30. The zero-order valence-electron chi connectivity index (χ0n) is 7.87. The van der Waals surface area contributed by atoms with E-state index in [1.807, 2.05) is 0 Å². The largest absolute Gasteiger partial charge is 0.477 e. The number of aromatic nitrogens is 2. The fourth-order valence-corrected chi connectivity index (χ4v) is 1.89. The molecule has 2 N–H and O–H groups in total. The standard InChI is InChI=1S/C10H6Cl2N2O2/c11-5-2-1-3-6(12)9(5)7-4-8(10(15)16)14-13-7/h1-4H,(H,13,14)(H,15,16). The van der Waals surface area contributed by atoms with E-state index in [2.05, 4.69) is 10.2 Å². The Labute approximate surface area is 101 Å². The average molecular weight is 257 g/mol. The number of carbonyl (C=O) groups is 1. The van der Waals surface area contributed by atoms with Crippen molar-refractivity contribution in [3.05, 3.63) is 40.0 Å². The zero-order chi connectivity index (χ0) is 11.7. The Balaban J connectivity index is 2.54. The lowest BCUT2D eigenvalue weighted by Gasteiger charge is -2.01. The van der Waals surface area contributed by atoms with E-state index in [1.54, 1.807) is 18.2 Å². The van der Waals surface area contributed by atoms with Gasteiger partial charge in [-0.2, -0.15) is 5.10 Å². The Hall–Kier alpha value is -1.52. The van der Waals surface area contributed by atoms with Gasteiger partial charge >= 0.3 is 5.97 Å². The summed E-state index contributed by atoms with van der Waals surface area (Å²) in [6.07, 6.45) is 0. The number of H-pyrrole nitrogens is 1. The number of benzene rings is 1. The Kier molecular flexibility index (Phi) is 2.85. The molecule has 0 aliphatic heterocycles. The quantitative estimate of drug-likeness (QED) is 0.868. The maximum atomic E-state index is 10.7. The number of aromatic carboxylic acids is 1. The number of carboxylic acids is 1. The van der Waals surface area contributed by atoms with Crippen LogP contribution in [0.15, 0.2) is 24.3 Å². The van der Waals surface area contributed by atoms with Crippen molar-refractivity contribution in [2.24, 2.45) is 0 Å². The third-order valence-corrected chi connectivity index (χ3v) is 2.66. The molecule has 0 aliphatic rings. The van der Waals surface area contributed by atoms with Crippen molar-refractivity contribution in [1.82, 2.24) is 10.2 Å². The van der Waals surface area contributed by atoms with Gasteiger partial charge in [0, 0.05) is 5.56 Å². The molecule has 1 aromatic carbocycles. The summed E-state index contributed by atoms with van der Waals surface area (Å²) in [4.78, 5) is 10.7. The highest BCUT2D eigenvalue weighted by atomic mass is 35.5. The van der Waals surface area contributed by atoms with E-state index >= 15 is 0 Å². The second kappa shape index (κ2) is 4.15. The summed E-state index contributed by atoms with van der Waals surface area (Å²) in [7, 11) is 0. The number of nitrogens with zero attached hydrogens (tertiary/aromatic N) is 1. The number of carboxylic acid groups (broad SMARTS) is 1. The van der Waals surface area contributed by atoms with Crippen molar-refractivity contribution in [2.45, 2.75) is 0 Å². The summed E-state index contributed by atoms with van der Waals surface area (Å²) < 4.78 is 0. The third-order valence-electron chi connectivity index (χ3n) is 2.03. The molecule has 16 heavy (non-hydrogen) atoms. The summed E-state index contributed by atoms with van der Waals surface area (Å²) in [5, 5.41) is 15.8. The summed E-state index contributed by atoms with van der Waals surface area (Å²) >= 11 is 11.9. The minimum Gasteiger partial charge on any atom is -0.477 e. The predicted octanol–water partition coefficient (Wildman–Crippen LogP) is 3.08. The van der Waals surface area contributed by atoms with Crippen LogP contribution in [0.5, 0.6) is 0 Å². The monoisotopic (exact) mass is 256 g/mol. The minimum atomic E-state index is -1.08. The average Bonchev–Trinajstić information content (AvgIpc) is 2.66. The normalized spacial score (nSPS) is 10.4. The molecule has 4 nitrogen and oxygen atoms in total. The lowest BCUT2D eigenvalue weighted by Crippen LogP contribution is -1.95. The van der Waals surface area contributed by atoms with Gasteiger partial charge in [0.15, 0.2) is 0 Å². The summed E-state index contributed by atoms with van der Waals surface area (Å²) in [5.41, 5.74) is 0.925. The molecule has 2 rings (SSSR count). The van der Waals surface area contributed by atoms with Gasteiger partial charge in [-0.3, -0.25) is 5.10 Å². The van der Waals surface area contributed by atoms with Crippen molar-refractivity contribution in [1.29, 1.82) is 0 Å². The first kappa shape index (κ1) is 11.0. The molecular weight excluding hydrogens is 251 g/mol. The molecule has 0 spiro atoms. The Bertz CT molecular complexity index is 531.